The molecule has 1 heterocycles. The van der Waals surface area contributed by atoms with E-state index in [-0.39, 0.29) is 23.5 Å². The second-order valence-electron chi connectivity index (χ2n) is 5.22. The van der Waals surface area contributed by atoms with Crippen LogP contribution in [0, 0.1) is 24.2 Å². The summed E-state index contributed by atoms with van der Waals surface area (Å²) in [5.41, 5.74) is 1.11. The summed E-state index contributed by atoms with van der Waals surface area (Å²) < 4.78 is 26.6. The molecule has 1 saturated heterocycles. The number of aryl methyl sites for hydroxylation is 1. The van der Waals surface area contributed by atoms with Gasteiger partial charge in [0.2, 0.25) is 10.0 Å². The summed E-state index contributed by atoms with van der Waals surface area (Å²) in [6, 6.07) is 6.16. The maximum absolute atomic E-state index is 12.6. The second kappa shape index (κ2) is 5.52. The summed E-state index contributed by atoms with van der Waals surface area (Å²) in [6.45, 7) is 3.91. The van der Waals surface area contributed by atoms with Crippen LogP contribution in [0.15, 0.2) is 23.1 Å². The van der Waals surface area contributed by atoms with Crippen LogP contribution in [-0.2, 0) is 10.0 Å². The van der Waals surface area contributed by atoms with E-state index in [2.05, 4.69) is 0 Å². The van der Waals surface area contributed by atoms with E-state index < -0.39 is 10.0 Å². The number of rotatable bonds is 3. The summed E-state index contributed by atoms with van der Waals surface area (Å²) in [4.78, 5) is 0.182. The predicted octanol–water partition coefficient (Wildman–Crippen LogP) is 1.26. The molecular weight excluding hydrogens is 276 g/mol. The van der Waals surface area contributed by atoms with Gasteiger partial charge >= 0.3 is 0 Å². The van der Waals surface area contributed by atoms with Crippen molar-refractivity contribution in [2.24, 2.45) is 5.92 Å². The van der Waals surface area contributed by atoms with Gasteiger partial charge in [-0.2, -0.15) is 9.57 Å². The molecule has 1 N–H and O–H groups in total. The van der Waals surface area contributed by atoms with E-state index in [1.54, 1.807) is 6.92 Å². The van der Waals surface area contributed by atoms with Gasteiger partial charge in [-0.3, -0.25) is 0 Å². The lowest BCUT2D eigenvalue weighted by molar-refractivity contribution is 0.191. The van der Waals surface area contributed by atoms with Crippen LogP contribution in [0.4, 0.5) is 0 Å². The molecular formula is C14H18N2O3S. The Bertz CT molecular complexity index is 649. The average Bonchev–Trinajstić information content (AvgIpc) is 2.80. The molecule has 0 spiro atoms. The molecule has 1 aliphatic rings. The maximum atomic E-state index is 12.6. The first kappa shape index (κ1) is 15.0. The standard InChI is InChI=1S/C14H18N2O3S/c1-10-5-6-16(14(10)9-17)20(18,19)13-4-3-12(8-15)11(2)7-13/h3-4,7,10,14,17H,5-6,9H2,1-2H3. The van der Waals surface area contributed by atoms with E-state index in [9.17, 15) is 13.5 Å². The number of hydrogen-bond acceptors (Lipinski definition) is 4. The molecule has 1 aromatic carbocycles. The molecule has 0 radical (unpaired) electrons. The summed E-state index contributed by atoms with van der Waals surface area (Å²) in [5.74, 6) is 0.147. The zero-order valence-corrected chi connectivity index (χ0v) is 12.4. The maximum Gasteiger partial charge on any atom is 0.243 e. The third-order valence-electron chi connectivity index (χ3n) is 3.94. The van der Waals surface area contributed by atoms with Gasteiger partial charge in [0.15, 0.2) is 0 Å². The van der Waals surface area contributed by atoms with Crippen molar-refractivity contribution < 1.29 is 13.5 Å². The molecule has 2 unspecified atom stereocenters. The number of aliphatic hydroxyl groups excluding tert-OH is 1. The topological polar surface area (TPSA) is 81.4 Å². The van der Waals surface area contributed by atoms with E-state index in [1.807, 2.05) is 13.0 Å². The number of aliphatic hydroxyl groups is 1. The molecule has 0 aliphatic carbocycles. The van der Waals surface area contributed by atoms with Crippen molar-refractivity contribution in [1.82, 2.24) is 4.31 Å². The third kappa shape index (κ3) is 2.44. The normalized spacial score (nSPS) is 23.7. The summed E-state index contributed by atoms with van der Waals surface area (Å²) in [6.07, 6.45) is 0.750. The van der Waals surface area contributed by atoms with Gasteiger partial charge in [0.1, 0.15) is 0 Å². The molecule has 5 nitrogen and oxygen atoms in total. The van der Waals surface area contributed by atoms with E-state index in [1.165, 1.54) is 22.5 Å². The summed E-state index contributed by atoms with van der Waals surface area (Å²) >= 11 is 0. The molecule has 0 bridgehead atoms. The van der Waals surface area contributed by atoms with Gasteiger partial charge in [-0.15, -0.1) is 0 Å². The fourth-order valence-electron chi connectivity index (χ4n) is 2.60. The van der Waals surface area contributed by atoms with Crippen LogP contribution >= 0.6 is 0 Å². The zero-order valence-electron chi connectivity index (χ0n) is 11.6. The fourth-order valence-corrected chi connectivity index (χ4v) is 4.41. The van der Waals surface area contributed by atoms with Crippen molar-refractivity contribution in [2.75, 3.05) is 13.2 Å². The Morgan fingerprint density at radius 1 is 1.50 bits per heavy atom. The molecule has 6 heteroatoms. The third-order valence-corrected chi connectivity index (χ3v) is 5.86. The molecule has 0 aromatic heterocycles. The molecule has 1 aliphatic heterocycles. The summed E-state index contributed by atoms with van der Waals surface area (Å²) in [5, 5.41) is 18.3. The van der Waals surface area contributed by atoms with Gasteiger partial charge < -0.3 is 5.11 Å². The molecule has 1 fully saturated rings. The van der Waals surface area contributed by atoms with Gasteiger partial charge in [0.05, 0.1) is 29.2 Å². The van der Waals surface area contributed by atoms with Crippen LogP contribution in [0.5, 0.6) is 0 Å². The van der Waals surface area contributed by atoms with Crippen molar-refractivity contribution in [2.45, 2.75) is 31.2 Å². The zero-order chi connectivity index (χ0) is 14.9. The van der Waals surface area contributed by atoms with Gasteiger partial charge in [0.25, 0.3) is 0 Å². The lowest BCUT2D eigenvalue weighted by atomic mass is 10.0. The first-order valence-corrected chi connectivity index (χ1v) is 7.99. The molecule has 2 rings (SSSR count). The molecule has 20 heavy (non-hydrogen) atoms. The van der Waals surface area contributed by atoms with Crippen molar-refractivity contribution in [3.63, 3.8) is 0 Å². The summed E-state index contributed by atoms with van der Waals surface area (Å²) in [7, 11) is -3.62. The highest BCUT2D eigenvalue weighted by molar-refractivity contribution is 7.89. The van der Waals surface area contributed by atoms with E-state index in [0.717, 1.165) is 6.42 Å². The van der Waals surface area contributed by atoms with Gasteiger partial charge in [0, 0.05) is 6.54 Å². The van der Waals surface area contributed by atoms with E-state index in [0.29, 0.717) is 17.7 Å². The Morgan fingerprint density at radius 2 is 2.20 bits per heavy atom. The Balaban J connectivity index is 2.41. The van der Waals surface area contributed by atoms with Crippen LogP contribution in [-0.4, -0.2) is 37.0 Å². The molecule has 2 atom stereocenters. The Labute approximate surface area is 119 Å². The van der Waals surface area contributed by atoms with Crippen LogP contribution in [0.2, 0.25) is 0 Å². The number of hydrogen-bond donors (Lipinski definition) is 1. The van der Waals surface area contributed by atoms with E-state index >= 15 is 0 Å². The van der Waals surface area contributed by atoms with E-state index in [4.69, 9.17) is 5.26 Å². The Morgan fingerprint density at radius 3 is 2.75 bits per heavy atom. The SMILES string of the molecule is Cc1cc(S(=O)(=O)N2CCC(C)C2CO)ccc1C#N. The van der Waals surface area contributed by atoms with Crippen molar-refractivity contribution >= 4 is 10.0 Å². The molecule has 108 valence electrons. The second-order valence-corrected chi connectivity index (χ2v) is 7.11. The van der Waals surface area contributed by atoms with Crippen LogP contribution in [0.3, 0.4) is 0 Å². The van der Waals surface area contributed by atoms with Crippen molar-refractivity contribution in [3.8, 4) is 6.07 Å². The van der Waals surface area contributed by atoms with Gasteiger partial charge in [-0.1, -0.05) is 6.92 Å². The molecule has 0 saturated carbocycles. The molecule has 1 aromatic rings. The largest absolute Gasteiger partial charge is 0.395 e. The van der Waals surface area contributed by atoms with Crippen LogP contribution in [0.1, 0.15) is 24.5 Å². The highest BCUT2D eigenvalue weighted by Crippen LogP contribution is 2.30. The van der Waals surface area contributed by atoms with Crippen LogP contribution < -0.4 is 0 Å². The average molecular weight is 294 g/mol. The number of sulfonamides is 1. The fraction of sp³-hybridized carbons (Fsp3) is 0.500. The number of nitrogens with zero attached hydrogens (tertiary/aromatic N) is 2. The monoisotopic (exact) mass is 294 g/mol. The quantitative estimate of drug-likeness (QED) is 0.910. The van der Waals surface area contributed by atoms with Crippen LogP contribution in [0.25, 0.3) is 0 Å². The lowest BCUT2D eigenvalue weighted by Crippen LogP contribution is -2.39. The lowest BCUT2D eigenvalue weighted by Gasteiger charge is -2.24. The first-order chi connectivity index (χ1) is 9.41. The Hall–Kier alpha value is -1.42. The smallest absolute Gasteiger partial charge is 0.243 e. The van der Waals surface area contributed by atoms with Crippen molar-refractivity contribution in [3.05, 3.63) is 29.3 Å². The minimum atomic E-state index is -3.62. The highest BCUT2D eigenvalue weighted by atomic mass is 32.2. The van der Waals surface area contributed by atoms with Gasteiger partial charge in [-0.05, 0) is 43.0 Å². The minimum absolute atomic E-state index is 0.147. The molecule has 0 amide bonds. The first-order valence-electron chi connectivity index (χ1n) is 6.55. The number of nitriles is 1. The minimum Gasteiger partial charge on any atom is -0.395 e. The van der Waals surface area contributed by atoms with Gasteiger partial charge in [-0.25, -0.2) is 8.42 Å². The van der Waals surface area contributed by atoms with Crippen molar-refractivity contribution in [1.29, 1.82) is 5.26 Å². The number of benzene rings is 1. The Kier molecular flexibility index (Phi) is 4.14. The highest BCUT2D eigenvalue weighted by Gasteiger charge is 2.39. The predicted molar refractivity (Wildman–Crippen MR) is 74.4 cm³/mol.